The van der Waals surface area contributed by atoms with Crippen molar-refractivity contribution in [3.63, 3.8) is 0 Å². The standard InChI is InChI=1S/C14H24BrN3O/c1-14(2,3)18-11-9-16-12(13(18)19)17(4)10-7-5-6-8-15/h9,11H,5-8,10H2,1-4H3. The summed E-state index contributed by atoms with van der Waals surface area (Å²) >= 11 is 3.43. The number of unbranched alkanes of at least 4 members (excludes halogenated alkanes) is 2. The fourth-order valence-corrected chi connectivity index (χ4v) is 2.31. The molecule has 1 rings (SSSR count). The van der Waals surface area contributed by atoms with Gasteiger partial charge in [-0.1, -0.05) is 22.4 Å². The van der Waals surface area contributed by atoms with Crippen molar-refractivity contribution in [1.29, 1.82) is 0 Å². The van der Waals surface area contributed by atoms with Crippen molar-refractivity contribution in [3.05, 3.63) is 22.7 Å². The van der Waals surface area contributed by atoms with Gasteiger partial charge in [0.05, 0.1) is 0 Å². The van der Waals surface area contributed by atoms with Crippen LogP contribution in [0.1, 0.15) is 40.0 Å². The topological polar surface area (TPSA) is 38.1 Å². The van der Waals surface area contributed by atoms with E-state index >= 15 is 0 Å². The number of nitrogens with zero attached hydrogens (tertiary/aromatic N) is 3. The smallest absolute Gasteiger partial charge is 0.293 e. The summed E-state index contributed by atoms with van der Waals surface area (Å²) in [6.45, 7) is 6.93. The number of rotatable bonds is 6. The predicted molar refractivity (Wildman–Crippen MR) is 84.4 cm³/mol. The molecule has 0 N–H and O–H groups in total. The van der Waals surface area contributed by atoms with Crippen molar-refractivity contribution in [3.8, 4) is 0 Å². The minimum absolute atomic E-state index is 0.0157. The Morgan fingerprint density at radius 1 is 1.32 bits per heavy atom. The molecular formula is C14H24BrN3O. The maximum absolute atomic E-state index is 12.4. The first-order chi connectivity index (χ1) is 8.88. The summed E-state index contributed by atoms with van der Waals surface area (Å²) in [5.74, 6) is 0.538. The Bertz CT molecular complexity index is 451. The van der Waals surface area contributed by atoms with Gasteiger partial charge in [0.25, 0.3) is 5.56 Å². The average Bonchev–Trinajstić information content (AvgIpc) is 2.33. The summed E-state index contributed by atoms with van der Waals surface area (Å²) in [7, 11) is 1.94. The number of aromatic nitrogens is 2. The molecule has 0 saturated carbocycles. The first-order valence-electron chi connectivity index (χ1n) is 6.73. The van der Waals surface area contributed by atoms with Crippen LogP contribution < -0.4 is 10.5 Å². The maximum Gasteiger partial charge on any atom is 0.293 e. The van der Waals surface area contributed by atoms with Crippen molar-refractivity contribution >= 4 is 21.7 Å². The maximum atomic E-state index is 12.4. The van der Waals surface area contributed by atoms with E-state index in [1.165, 1.54) is 6.42 Å². The van der Waals surface area contributed by atoms with Gasteiger partial charge in [-0.2, -0.15) is 0 Å². The van der Waals surface area contributed by atoms with Crippen molar-refractivity contribution < 1.29 is 0 Å². The SMILES string of the molecule is CN(CCCCCBr)c1nccn(C(C)(C)C)c1=O. The Kier molecular flexibility index (Phi) is 6.04. The van der Waals surface area contributed by atoms with E-state index in [9.17, 15) is 4.79 Å². The largest absolute Gasteiger partial charge is 0.355 e. The van der Waals surface area contributed by atoms with Gasteiger partial charge in [-0.15, -0.1) is 0 Å². The minimum Gasteiger partial charge on any atom is -0.355 e. The zero-order chi connectivity index (χ0) is 14.5. The monoisotopic (exact) mass is 329 g/mol. The van der Waals surface area contributed by atoms with Crippen LogP contribution in [0.3, 0.4) is 0 Å². The first-order valence-corrected chi connectivity index (χ1v) is 7.85. The highest BCUT2D eigenvalue weighted by molar-refractivity contribution is 9.09. The van der Waals surface area contributed by atoms with E-state index in [0.717, 1.165) is 24.7 Å². The molecule has 0 aliphatic carbocycles. The molecule has 108 valence electrons. The van der Waals surface area contributed by atoms with Crippen molar-refractivity contribution in [2.45, 2.75) is 45.6 Å². The van der Waals surface area contributed by atoms with Crippen LogP contribution in [0.4, 0.5) is 5.82 Å². The van der Waals surface area contributed by atoms with Gasteiger partial charge in [0.2, 0.25) is 0 Å². The molecule has 0 aliphatic heterocycles. The summed E-state index contributed by atoms with van der Waals surface area (Å²) in [4.78, 5) is 18.6. The van der Waals surface area contributed by atoms with Gasteiger partial charge in [-0.05, 0) is 33.6 Å². The van der Waals surface area contributed by atoms with Gasteiger partial charge in [-0.25, -0.2) is 4.98 Å². The molecular weight excluding hydrogens is 306 g/mol. The lowest BCUT2D eigenvalue weighted by molar-refractivity contribution is 0.382. The van der Waals surface area contributed by atoms with Crippen LogP contribution in [0.25, 0.3) is 0 Å². The van der Waals surface area contributed by atoms with Crippen molar-refractivity contribution in [1.82, 2.24) is 9.55 Å². The second-order valence-corrected chi connectivity index (χ2v) is 6.56. The van der Waals surface area contributed by atoms with Gasteiger partial charge in [-0.3, -0.25) is 4.79 Å². The van der Waals surface area contributed by atoms with E-state index in [-0.39, 0.29) is 11.1 Å². The van der Waals surface area contributed by atoms with E-state index in [2.05, 4.69) is 20.9 Å². The summed E-state index contributed by atoms with van der Waals surface area (Å²) in [5, 5.41) is 1.04. The Morgan fingerprint density at radius 3 is 2.58 bits per heavy atom. The Hall–Kier alpha value is -0.840. The van der Waals surface area contributed by atoms with Gasteiger partial charge in [0, 0.05) is 36.9 Å². The second kappa shape index (κ2) is 7.08. The predicted octanol–water partition coefficient (Wildman–Crippen LogP) is 3.00. The fraction of sp³-hybridized carbons (Fsp3) is 0.714. The van der Waals surface area contributed by atoms with Crippen LogP contribution in [0.2, 0.25) is 0 Å². The highest BCUT2D eigenvalue weighted by Crippen LogP contribution is 2.12. The molecule has 1 aromatic rings. The third-order valence-electron chi connectivity index (χ3n) is 3.03. The van der Waals surface area contributed by atoms with E-state index in [0.29, 0.717) is 5.82 Å². The molecule has 0 saturated heterocycles. The van der Waals surface area contributed by atoms with Crippen LogP contribution in [0.15, 0.2) is 17.2 Å². The molecule has 5 heteroatoms. The molecule has 0 spiro atoms. The normalized spacial score (nSPS) is 11.6. The van der Waals surface area contributed by atoms with E-state index in [1.54, 1.807) is 17.0 Å². The number of hydrogen-bond donors (Lipinski definition) is 0. The van der Waals surface area contributed by atoms with E-state index in [4.69, 9.17) is 0 Å². The average molecular weight is 330 g/mol. The van der Waals surface area contributed by atoms with Crippen LogP contribution >= 0.6 is 15.9 Å². The number of hydrogen-bond acceptors (Lipinski definition) is 3. The molecule has 0 aliphatic rings. The third-order valence-corrected chi connectivity index (χ3v) is 3.59. The molecule has 1 aromatic heterocycles. The van der Waals surface area contributed by atoms with Gasteiger partial charge in [0.1, 0.15) is 0 Å². The van der Waals surface area contributed by atoms with E-state index < -0.39 is 0 Å². The molecule has 0 bridgehead atoms. The quantitative estimate of drug-likeness (QED) is 0.594. The minimum atomic E-state index is -0.217. The molecule has 0 atom stereocenters. The highest BCUT2D eigenvalue weighted by atomic mass is 79.9. The van der Waals surface area contributed by atoms with E-state index in [1.807, 2.05) is 32.7 Å². The van der Waals surface area contributed by atoms with Crippen LogP contribution in [-0.4, -0.2) is 28.5 Å². The summed E-state index contributed by atoms with van der Waals surface area (Å²) in [6.07, 6.45) is 6.87. The zero-order valence-corrected chi connectivity index (χ0v) is 13.9. The number of halogens is 1. The Balaban J connectivity index is 2.81. The van der Waals surface area contributed by atoms with Gasteiger partial charge in [0.15, 0.2) is 5.82 Å². The van der Waals surface area contributed by atoms with Crippen molar-refractivity contribution in [2.75, 3.05) is 23.8 Å². The van der Waals surface area contributed by atoms with Gasteiger partial charge >= 0.3 is 0 Å². The third kappa shape index (κ3) is 4.64. The molecule has 4 nitrogen and oxygen atoms in total. The lowest BCUT2D eigenvalue weighted by Gasteiger charge is -2.24. The molecule has 0 aromatic carbocycles. The summed E-state index contributed by atoms with van der Waals surface area (Å²) in [6, 6.07) is 0. The molecule has 0 amide bonds. The number of anilines is 1. The zero-order valence-electron chi connectivity index (χ0n) is 12.3. The molecule has 19 heavy (non-hydrogen) atoms. The molecule has 0 unspecified atom stereocenters. The van der Waals surface area contributed by atoms with Crippen LogP contribution in [0, 0.1) is 0 Å². The number of alkyl halides is 1. The highest BCUT2D eigenvalue weighted by Gasteiger charge is 2.18. The Labute approximate surface area is 124 Å². The molecule has 1 heterocycles. The summed E-state index contributed by atoms with van der Waals surface area (Å²) < 4.78 is 1.74. The lowest BCUT2D eigenvalue weighted by atomic mass is 10.1. The first kappa shape index (κ1) is 16.2. The molecule has 0 radical (unpaired) electrons. The summed E-state index contributed by atoms with van der Waals surface area (Å²) in [5.41, 5.74) is -0.232. The van der Waals surface area contributed by atoms with Crippen molar-refractivity contribution in [2.24, 2.45) is 0 Å². The van der Waals surface area contributed by atoms with Gasteiger partial charge < -0.3 is 9.47 Å². The molecule has 0 fully saturated rings. The second-order valence-electron chi connectivity index (χ2n) is 5.77. The van der Waals surface area contributed by atoms with Crippen LogP contribution in [0.5, 0.6) is 0 Å². The fourth-order valence-electron chi connectivity index (χ4n) is 1.92. The van der Waals surface area contributed by atoms with Crippen LogP contribution in [-0.2, 0) is 5.54 Å². The lowest BCUT2D eigenvalue weighted by Crippen LogP contribution is -2.37. The Morgan fingerprint density at radius 2 is 2.00 bits per heavy atom.